The molecular weight excluding hydrogens is 378 g/mol. The summed E-state index contributed by atoms with van der Waals surface area (Å²) in [7, 11) is -2.29. The van der Waals surface area contributed by atoms with Gasteiger partial charge in [-0.25, -0.2) is 0 Å². The molecule has 0 bridgehead atoms. The van der Waals surface area contributed by atoms with Gasteiger partial charge in [-0.1, -0.05) is 104 Å². The van der Waals surface area contributed by atoms with Gasteiger partial charge in [0.1, 0.15) is 8.07 Å². The zero-order chi connectivity index (χ0) is 20.1. The summed E-state index contributed by atoms with van der Waals surface area (Å²) < 4.78 is 0. The molecule has 2 heteroatoms. The van der Waals surface area contributed by atoms with Crippen LogP contribution in [0.15, 0.2) is 97.2 Å². The molecule has 1 aliphatic heterocycles. The maximum absolute atomic E-state index is 4.84. The van der Waals surface area contributed by atoms with Gasteiger partial charge in [0.05, 0.1) is 5.52 Å². The number of rotatable bonds is 1. The lowest BCUT2D eigenvalue weighted by molar-refractivity contribution is 1.43. The second-order valence-electron chi connectivity index (χ2n) is 8.18. The molecule has 30 heavy (non-hydrogen) atoms. The molecule has 2 heterocycles. The second kappa shape index (κ2) is 6.51. The summed E-state index contributed by atoms with van der Waals surface area (Å²) in [6.45, 7) is 2.51. The van der Waals surface area contributed by atoms with Crippen LogP contribution in [0.5, 0.6) is 0 Å². The van der Waals surface area contributed by atoms with Gasteiger partial charge >= 0.3 is 0 Å². The van der Waals surface area contributed by atoms with E-state index in [1.165, 1.54) is 42.8 Å². The topological polar surface area (TPSA) is 12.9 Å². The second-order valence-corrected chi connectivity index (χ2v) is 12.0. The molecule has 1 nitrogen and oxygen atoms in total. The van der Waals surface area contributed by atoms with Gasteiger partial charge < -0.3 is 0 Å². The van der Waals surface area contributed by atoms with Gasteiger partial charge in [-0.2, -0.15) is 0 Å². The highest BCUT2D eigenvalue weighted by molar-refractivity contribution is 7.12. The van der Waals surface area contributed by atoms with Crippen molar-refractivity contribution in [3.05, 3.63) is 108 Å². The maximum atomic E-state index is 4.84. The van der Waals surface area contributed by atoms with Crippen LogP contribution in [-0.2, 0) is 0 Å². The van der Waals surface area contributed by atoms with E-state index >= 15 is 0 Å². The van der Waals surface area contributed by atoms with Crippen molar-refractivity contribution in [2.45, 2.75) is 6.55 Å². The van der Waals surface area contributed by atoms with Crippen molar-refractivity contribution in [2.75, 3.05) is 0 Å². The molecule has 0 amide bonds. The molecule has 0 atom stereocenters. The Morgan fingerprint density at radius 1 is 0.567 bits per heavy atom. The smallest absolute Gasteiger partial charge is 0.147 e. The highest BCUT2D eigenvalue weighted by atomic mass is 28.3. The Balaban J connectivity index is 1.82. The van der Waals surface area contributed by atoms with E-state index in [-0.39, 0.29) is 0 Å². The van der Waals surface area contributed by atoms with Gasteiger partial charge in [0.15, 0.2) is 0 Å². The zero-order valence-corrected chi connectivity index (χ0v) is 17.8. The summed E-state index contributed by atoms with van der Waals surface area (Å²) in [6, 6.07) is 33.3. The Morgan fingerprint density at radius 2 is 1.17 bits per heavy atom. The zero-order valence-electron chi connectivity index (χ0n) is 16.8. The lowest BCUT2D eigenvalue weighted by atomic mass is 10.1. The molecule has 5 aromatic rings. The average Bonchev–Trinajstić information content (AvgIpc) is 2.94. The lowest BCUT2D eigenvalue weighted by Crippen LogP contribution is -2.66. The predicted octanol–water partition coefficient (Wildman–Crippen LogP) is 4.97. The fourth-order valence-electron chi connectivity index (χ4n) is 5.14. The number of aromatic nitrogens is 1. The Labute approximate surface area is 177 Å². The largest absolute Gasteiger partial charge is 0.256 e. The summed E-state index contributed by atoms with van der Waals surface area (Å²) in [4.78, 5) is 4.84. The molecule has 0 fully saturated rings. The summed E-state index contributed by atoms with van der Waals surface area (Å²) >= 11 is 0. The van der Waals surface area contributed by atoms with E-state index in [9.17, 15) is 0 Å². The molecule has 0 saturated heterocycles. The summed E-state index contributed by atoms with van der Waals surface area (Å²) in [5, 5.41) is 8.13. The van der Waals surface area contributed by atoms with Crippen molar-refractivity contribution in [3.8, 4) is 0 Å². The fraction of sp³-hybridized carbons (Fsp3) is 0.0357. The normalized spacial score (nSPS) is 14.3. The first-order valence-corrected chi connectivity index (χ1v) is 12.9. The van der Waals surface area contributed by atoms with Crippen LogP contribution in [-0.4, -0.2) is 13.1 Å². The van der Waals surface area contributed by atoms with Gasteiger partial charge in [0, 0.05) is 17.0 Å². The maximum Gasteiger partial charge on any atom is 0.147 e. The van der Waals surface area contributed by atoms with E-state index < -0.39 is 8.07 Å². The van der Waals surface area contributed by atoms with Crippen molar-refractivity contribution >= 4 is 57.5 Å². The lowest BCUT2D eigenvalue weighted by Gasteiger charge is -2.32. The number of hydrogen-bond donors (Lipinski definition) is 0. The number of benzene rings is 4. The summed E-state index contributed by atoms with van der Waals surface area (Å²) in [5.41, 5.74) is 3.76. The monoisotopic (exact) mass is 399 g/mol. The number of hydrogen-bond acceptors (Lipinski definition) is 1. The minimum Gasteiger partial charge on any atom is -0.256 e. The van der Waals surface area contributed by atoms with Crippen LogP contribution in [0.1, 0.15) is 11.1 Å². The van der Waals surface area contributed by atoms with E-state index in [2.05, 4.69) is 104 Å². The van der Waals surface area contributed by atoms with Crippen molar-refractivity contribution in [1.82, 2.24) is 4.98 Å². The van der Waals surface area contributed by atoms with E-state index in [0.29, 0.717) is 0 Å². The van der Waals surface area contributed by atoms with Gasteiger partial charge in [-0.05, 0) is 38.1 Å². The van der Waals surface area contributed by atoms with Crippen LogP contribution in [0.3, 0.4) is 0 Å². The van der Waals surface area contributed by atoms with E-state index in [4.69, 9.17) is 4.98 Å². The molecule has 4 aromatic carbocycles. The first-order valence-electron chi connectivity index (χ1n) is 10.4. The fourth-order valence-corrected chi connectivity index (χ4v) is 9.55. The molecule has 0 spiro atoms. The van der Waals surface area contributed by atoms with E-state index in [1.54, 1.807) is 0 Å². The van der Waals surface area contributed by atoms with Crippen molar-refractivity contribution in [2.24, 2.45) is 0 Å². The van der Waals surface area contributed by atoms with E-state index in [1.807, 2.05) is 12.3 Å². The third-order valence-electron chi connectivity index (χ3n) is 6.59. The van der Waals surface area contributed by atoms with Gasteiger partial charge in [-0.15, -0.1) is 0 Å². The number of nitrogens with zero attached hydrogens (tertiary/aromatic N) is 1. The van der Waals surface area contributed by atoms with Crippen molar-refractivity contribution in [1.29, 1.82) is 0 Å². The first kappa shape index (κ1) is 17.4. The Bertz CT molecular complexity index is 1420. The van der Waals surface area contributed by atoms with E-state index in [0.717, 1.165) is 5.52 Å². The van der Waals surface area contributed by atoms with Gasteiger partial charge in [0.2, 0.25) is 0 Å². The molecule has 142 valence electrons. The highest BCUT2D eigenvalue weighted by Gasteiger charge is 2.39. The molecular formula is C28H21NSi. The molecule has 1 aromatic heterocycles. The van der Waals surface area contributed by atoms with Crippen molar-refractivity contribution in [3.63, 3.8) is 0 Å². The minimum absolute atomic E-state index is 1.10. The van der Waals surface area contributed by atoms with Gasteiger partial charge in [-0.3, -0.25) is 4.98 Å². The third kappa shape index (κ3) is 2.38. The van der Waals surface area contributed by atoms with Crippen LogP contribution < -0.4 is 15.6 Å². The highest BCUT2D eigenvalue weighted by Crippen LogP contribution is 2.26. The molecule has 0 N–H and O–H groups in total. The third-order valence-corrected chi connectivity index (χ3v) is 11.2. The number of fused-ring (bicyclic) bond motifs is 5. The molecule has 0 radical (unpaired) electrons. The van der Waals surface area contributed by atoms with Crippen LogP contribution >= 0.6 is 0 Å². The van der Waals surface area contributed by atoms with Crippen LogP contribution in [0.4, 0.5) is 0 Å². The van der Waals surface area contributed by atoms with Gasteiger partial charge in [0.25, 0.3) is 0 Å². The number of pyridine rings is 1. The first-order chi connectivity index (χ1) is 14.8. The quantitative estimate of drug-likeness (QED) is 0.286. The Morgan fingerprint density at radius 3 is 1.90 bits per heavy atom. The molecule has 0 aliphatic carbocycles. The molecule has 6 rings (SSSR count). The SMILES string of the molecule is C[Si]1(c2cccc3ccc4cccnc4c23)c2ccccc2C=Cc2ccccc21. The Kier molecular flexibility index (Phi) is 3.77. The standard InChI is InChI=1S/C28H21NSi/c1-30(24-12-4-2-8-20(24)15-16-21-9-3-5-13-25(21)30)26-14-6-10-22-17-18-23-11-7-19-29-28(23)27(22)26/h2-19H,1H3. The van der Waals surface area contributed by atoms with Crippen molar-refractivity contribution < 1.29 is 0 Å². The predicted molar refractivity (Wildman–Crippen MR) is 132 cm³/mol. The summed E-state index contributed by atoms with van der Waals surface area (Å²) in [5.74, 6) is 0. The Hall–Kier alpha value is -3.49. The van der Waals surface area contributed by atoms with Crippen LogP contribution in [0.25, 0.3) is 33.8 Å². The average molecular weight is 400 g/mol. The van der Waals surface area contributed by atoms with Crippen LogP contribution in [0, 0.1) is 0 Å². The molecule has 0 saturated carbocycles. The molecule has 1 aliphatic rings. The summed E-state index contributed by atoms with van der Waals surface area (Å²) in [6.07, 6.45) is 6.49. The molecule has 0 unspecified atom stereocenters. The minimum atomic E-state index is -2.29. The van der Waals surface area contributed by atoms with Crippen LogP contribution in [0.2, 0.25) is 6.55 Å².